The third-order valence-corrected chi connectivity index (χ3v) is 3.61. The minimum atomic E-state index is -0.604. The fourth-order valence-electron chi connectivity index (χ4n) is 2.22. The van der Waals surface area contributed by atoms with Crippen LogP contribution in [0.3, 0.4) is 0 Å². The van der Waals surface area contributed by atoms with Crippen LogP contribution in [0, 0.1) is 5.82 Å². The van der Waals surface area contributed by atoms with E-state index in [1.807, 2.05) is 13.8 Å². The lowest BCUT2D eigenvalue weighted by molar-refractivity contribution is 0.175. The Morgan fingerprint density at radius 1 is 0.957 bits per heavy atom. The van der Waals surface area contributed by atoms with Crippen LogP contribution in [0.15, 0.2) is 48.5 Å². The molecule has 0 saturated heterocycles. The average molecular weight is 317 g/mol. The van der Waals surface area contributed by atoms with Crippen LogP contribution in [0.4, 0.5) is 4.39 Å². The van der Waals surface area contributed by atoms with Crippen molar-refractivity contribution in [3.63, 3.8) is 0 Å². The van der Waals surface area contributed by atoms with Crippen LogP contribution < -0.4 is 5.32 Å². The minimum Gasteiger partial charge on any atom is -0.387 e. The number of rotatable bonds is 7. The molecule has 0 amide bonds. The van der Waals surface area contributed by atoms with Crippen molar-refractivity contribution in [1.82, 2.24) is 5.32 Å². The van der Waals surface area contributed by atoms with E-state index >= 15 is 0 Å². The number of hydrogen-bond donors (Lipinski definition) is 2. The van der Waals surface area contributed by atoms with Crippen LogP contribution in [-0.2, 0) is 12.8 Å². The highest BCUT2D eigenvalue weighted by atomic mass is 19.1. The molecule has 1 atom stereocenters. The number of halogens is 1. The molecule has 0 saturated carbocycles. The van der Waals surface area contributed by atoms with Crippen LogP contribution >= 0.6 is 0 Å². The van der Waals surface area contributed by atoms with E-state index in [0.717, 1.165) is 24.9 Å². The van der Waals surface area contributed by atoms with E-state index in [0.29, 0.717) is 6.54 Å². The molecule has 0 bridgehead atoms. The fourth-order valence-corrected chi connectivity index (χ4v) is 2.22. The number of aliphatic hydroxyl groups excluding tert-OH is 1. The second-order valence-corrected chi connectivity index (χ2v) is 5.19. The molecule has 2 aromatic carbocycles. The summed E-state index contributed by atoms with van der Waals surface area (Å²) >= 11 is 0. The summed E-state index contributed by atoms with van der Waals surface area (Å²) in [5, 5.41) is 13.2. The zero-order valence-corrected chi connectivity index (χ0v) is 14.3. The Hall–Kier alpha value is -1.71. The Morgan fingerprint density at radius 2 is 1.52 bits per heavy atom. The molecule has 2 nitrogen and oxygen atoms in total. The van der Waals surface area contributed by atoms with Gasteiger partial charge in [0, 0.05) is 6.54 Å². The van der Waals surface area contributed by atoms with E-state index in [1.54, 1.807) is 12.1 Å². The maximum absolute atomic E-state index is 12.8. The van der Waals surface area contributed by atoms with Gasteiger partial charge in [0.1, 0.15) is 5.82 Å². The van der Waals surface area contributed by atoms with E-state index in [4.69, 9.17) is 0 Å². The van der Waals surface area contributed by atoms with Crippen molar-refractivity contribution in [1.29, 1.82) is 0 Å². The maximum Gasteiger partial charge on any atom is 0.123 e. The predicted molar refractivity (Wildman–Crippen MR) is 95.1 cm³/mol. The molecule has 23 heavy (non-hydrogen) atoms. The third kappa shape index (κ3) is 6.93. The SMILES string of the molecule is CC.CCc1ccc(CCNCC(O)c2ccc(F)cc2)cc1. The van der Waals surface area contributed by atoms with Gasteiger partial charge < -0.3 is 10.4 Å². The summed E-state index contributed by atoms with van der Waals surface area (Å²) in [6.07, 6.45) is 1.38. The molecule has 1 unspecified atom stereocenters. The zero-order valence-electron chi connectivity index (χ0n) is 14.3. The van der Waals surface area contributed by atoms with Crippen LogP contribution in [-0.4, -0.2) is 18.2 Å². The van der Waals surface area contributed by atoms with E-state index in [2.05, 4.69) is 36.5 Å². The van der Waals surface area contributed by atoms with Crippen molar-refractivity contribution < 1.29 is 9.50 Å². The maximum atomic E-state index is 12.8. The highest BCUT2D eigenvalue weighted by Gasteiger charge is 2.06. The number of benzene rings is 2. The first-order valence-corrected chi connectivity index (χ1v) is 8.41. The van der Waals surface area contributed by atoms with Gasteiger partial charge in [-0.05, 0) is 48.2 Å². The van der Waals surface area contributed by atoms with Gasteiger partial charge in [0.25, 0.3) is 0 Å². The quantitative estimate of drug-likeness (QED) is 0.747. The summed E-state index contributed by atoms with van der Waals surface area (Å²) in [5.74, 6) is -0.283. The molecule has 3 heteroatoms. The van der Waals surface area contributed by atoms with Gasteiger partial charge >= 0.3 is 0 Å². The summed E-state index contributed by atoms with van der Waals surface area (Å²) in [7, 11) is 0. The molecule has 0 aromatic heterocycles. The summed E-state index contributed by atoms with van der Waals surface area (Å²) < 4.78 is 12.8. The fraction of sp³-hybridized carbons (Fsp3) is 0.400. The molecule has 126 valence electrons. The average Bonchev–Trinajstić information content (AvgIpc) is 2.61. The number of aliphatic hydroxyl groups is 1. The lowest BCUT2D eigenvalue weighted by Gasteiger charge is -2.12. The van der Waals surface area contributed by atoms with E-state index in [9.17, 15) is 9.50 Å². The van der Waals surface area contributed by atoms with Gasteiger partial charge in [-0.3, -0.25) is 0 Å². The van der Waals surface area contributed by atoms with Crippen LogP contribution in [0.1, 0.15) is 43.6 Å². The molecule has 0 fully saturated rings. The Balaban J connectivity index is 0.00000127. The molecule has 2 rings (SSSR count). The summed E-state index contributed by atoms with van der Waals surface area (Å²) in [6.45, 7) is 7.43. The largest absolute Gasteiger partial charge is 0.387 e. The molecule has 0 aliphatic rings. The highest BCUT2D eigenvalue weighted by molar-refractivity contribution is 5.22. The van der Waals surface area contributed by atoms with Crippen molar-refractivity contribution in [2.45, 2.75) is 39.7 Å². The highest BCUT2D eigenvalue weighted by Crippen LogP contribution is 2.12. The molecule has 2 N–H and O–H groups in total. The monoisotopic (exact) mass is 317 g/mol. The third-order valence-electron chi connectivity index (χ3n) is 3.61. The first-order chi connectivity index (χ1) is 11.2. The molecule has 0 radical (unpaired) electrons. The molecule has 0 aliphatic carbocycles. The molecular formula is C20H28FNO. The van der Waals surface area contributed by atoms with Crippen molar-refractivity contribution in [3.05, 3.63) is 71.0 Å². The molecule has 0 heterocycles. The van der Waals surface area contributed by atoms with Gasteiger partial charge in [-0.1, -0.05) is 57.2 Å². The summed E-state index contributed by atoms with van der Waals surface area (Å²) in [5.41, 5.74) is 3.37. The van der Waals surface area contributed by atoms with E-state index in [-0.39, 0.29) is 5.82 Å². The normalized spacial score (nSPS) is 11.5. The van der Waals surface area contributed by atoms with Gasteiger partial charge in [-0.25, -0.2) is 4.39 Å². The summed E-state index contributed by atoms with van der Waals surface area (Å²) in [4.78, 5) is 0. The Kier molecular flexibility index (Phi) is 9.18. The number of aryl methyl sites for hydroxylation is 1. The first-order valence-electron chi connectivity index (χ1n) is 8.41. The van der Waals surface area contributed by atoms with Crippen molar-refractivity contribution in [3.8, 4) is 0 Å². The van der Waals surface area contributed by atoms with Gasteiger partial charge in [0.15, 0.2) is 0 Å². The van der Waals surface area contributed by atoms with Gasteiger partial charge in [0.2, 0.25) is 0 Å². The van der Waals surface area contributed by atoms with E-state index in [1.165, 1.54) is 23.3 Å². The van der Waals surface area contributed by atoms with Crippen molar-refractivity contribution in [2.75, 3.05) is 13.1 Å². The molecule has 0 spiro atoms. The summed E-state index contributed by atoms with van der Waals surface area (Å²) in [6, 6.07) is 14.6. The molecular weight excluding hydrogens is 289 g/mol. The minimum absolute atomic E-state index is 0.283. The van der Waals surface area contributed by atoms with E-state index < -0.39 is 6.10 Å². The Bertz CT molecular complexity index is 537. The van der Waals surface area contributed by atoms with Crippen LogP contribution in [0.2, 0.25) is 0 Å². The van der Waals surface area contributed by atoms with Crippen LogP contribution in [0.25, 0.3) is 0 Å². The predicted octanol–water partition coefficient (Wildman–Crippen LogP) is 4.28. The van der Waals surface area contributed by atoms with Gasteiger partial charge in [-0.15, -0.1) is 0 Å². The van der Waals surface area contributed by atoms with Crippen LogP contribution in [0.5, 0.6) is 0 Å². The lowest BCUT2D eigenvalue weighted by Crippen LogP contribution is -2.23. The van der Waals surface area contributed by atoms with Gasteiger partial charge in [-0.2, -0.15) is 0 Å². The lowest BCUT2D eigenvalue weighted by atomic mass is 10.1. The number of nitrogens with one attached hydrogen (secondary N) is 1. The Morgan fingerprint density at radius 3 is 2.09 bits per heavy atom. The Labute approximate surface area is 139 Å². The number of hydrogen-bond acceptors (Lipinski definition) is 2. The molecule has 2 aromatic rings. The first kappa shape index (κ1) is 19.3. The second kappa shape index (κ2) is 10.9. The second-order valence-electron chi connectivity index (χ2n) is 5.19. The van der Waals surface area contributed by atoms with Crippen molar-refractivity contribution >= 4 is 0 Å². The van der Waals surface area contributed by atoms with Crippen molar-refractivity contribution in [2.24, 2.45) is 0 Å². The topological polar surface area (TPSA) is 32.3 Å². The molecule has 0 aliphatic heterocycles. The van der Waals surface area contributed by atoms with Gasteiger partial charge in [0.05, 0.1) is 6.10 Å². The zero-order chi connectivity index (χ0) is 17.1. The smallest absolute Gasteiger partial charge is 0.123 e. The standard InChI is InChI=1S/C18H22FNO.C2H6/c1-2-14-3-5-15(6-4-14)11-12-20-13-18(21)16-7-9-17(19)10-8-16;1-2/h3-10,18,20-21H,2,11-13H2,1H3;1-2H3.